The summed E-state index contributed by atoms with van der Waals surface area (Å²) in [5, 5.41) is 6.58. The molecule has 2 aromatic rings. The van der Waals surface area contributed by atoms with Crippen LogP contribution in [-0.2, 0) is 19.3 Å². The van der Waals surface area contributed by atoms with Crippen LogP contribution in [0, 0.1) is 0 Å². The van der Waals surface area contributed by atoms with Crippen LogP contribution in [0.25, 0.3) is 0 Å². The average Bonchev–Trinajstić information content (AvgIpc) is 2.93. The van der Waals surface area contributed by atoms with Gasteiger partial charge in [0.1, 0.15) is 0 Å². The fourth-order valence-electron chi connectivity index (χ4n) is 1.49. The predicted octanol–water partition coefficient (Wildman–Crippen LogP) is 3.41. The molecule has 0 aliphatic heterocycles. The maximum atomic E-state index is 12.3. The van der Waals surface area contributed by atoms with Crippen molar-refractivity contribution in [2.45, 2.75) is 19.3 Å². The van der Waals surface area contributed by atoms with E-state index in [-0.39, 0.29) is 0 Å². The first kappa shape index (κ1) is 14.4. The molecule has 104 valence electrons. The van der Waals surface area contributed by atoms with Crippen LogP contribution in [0.4, 0.5) is 13.2 Å². The molecule has 3 nitrogen and oxygen atoms in total. The molecule has 0 unspecified atom stereocenters. The van der Waals surface area contributed by atoms with Gasteiger partial charge < -0.3 is 5.32 Å². The van der Waals surface area contributed by atoms with Crippen molar-refractivity contribution in [2.24, 2.45) is 0 Å². The van der Waals surface area contributed by atoms with Crippen LogP contribution in [0.15, 0.2) is 24.4 Å². The molecule has 8 heteroatoms. The zero-order chi connectivity index (χ0) is 13.9. The van der Waals surface area contributed by atoms with Gasteiger partial charge in [0.25, 0.3) is 0 Å². The van der Waals surface area contributed by atoms with E-state index in [0.29, 0.717) is 19.6 Å². The fourth-order valence-corrected chi connectivity index (χ4v) is 2.55. The van der Waals surface area contributed by atoms with Crippen LogP contribution in [0.3, 0.4) is 0 Å². The summed E-state index contributed by atoms with van der Waals surface area (Å²) in [5.41, 5.74) is -0.863. The average molecular weight is 310 g/mol. The van der Waals surface area contributed by atoms with Gasteiger partial charge in [-0.2, -0.15) is 18.3 Å². The molecule has 2 rings (SSSR count). The molecule has 0 fully saturated rings. The van der Waals surface area contributed by atoms with Crippen molar-refractivity contribution in [1.82, 2.24) is 15.1 Å². The van der Waals surface area contributed by atoms with Gasteiger partial charge in [-0.3, -0.25) is 4.68 Å². The first-order valence-electron chi connectivity index (χ1n) is 5.51. The third kappa shape index (κ3) is 4.22. The van der Waals surface area contributed by atoms with E-state index in [2.05, 4.69) is 10.4 Å². The zero-order valence-corrected chi connectivity index (χ0v) is 11.3. The molecule has 0 aromatic carbocycles. The molecular weight excluding hydrogens is 299 g/mol. The summed E-state index contributed by atoms with van der Waals surface area (Å²) in [4.78, 5) is 1.08. The molecule has 0 aliphatic rings. The third-order valence-corrected chi connectivity index (χ3v) is 3.61. The van der Waals surface area contributed by atoms with Gasteiger partial charge >= 0.3 is 6.18 Å². The van der Waals surface area contributed by atoms with Crippen molar-refractivity contribution in [2.75, 3.05) is 6.54 Å². The lowest BCUT2D eigenvalue weighted by Gasteiger charge is -2.04. The van der Waals surface area contributed by atoms with Gasteiger partial charge in [-0.05, 0) is 18.2 Å². The zero-order valence-electron chi connectivity index (χ0n) is 9.75. The maximum absolute atomic E-state index is 12.3. The topological polar surface area (TPSA) is 29.9 Å². The molecule has 0 bridgehead atoms. The Morgan fingerprint density at radius 1 is 1.32 bits per heavy atom. The number of rotatable bonds is 5. The van der Waals surface area contributed by atoms with E-state index in [1.807, 2.05) is 12.1 Å². The second kappa shape index (κ2) is 5.94. The Balaban J connectivity index is 1.75. The summed E-state index contributed by atoms with van der Waals surface area (Å²) < 4.78 is 38.9. The highest BCUT2D eigenvalue weighted by molar-refractivity contribution is 7.16. The number of nitrogens with zero attached hydrogens (tertiary/aromatic N) is 2. The molecule has 0 atom stereocenters. The second-order valence-corrected chi connectivity index (χ2v) is 5.64. The summed E-state index contributed by atoms with van der Waals surface area (Å²) in [5.74, 6) is 0. The monoisotopic (exact) mass is 309 g/mol. The molecule has 0 amide bonds. The molecule has 0 radical (unpaired) electrons. The molecule has 0 aliphatic carbocycles. The predicted molar refractivity (Wildman–Crippen MR) is 68.3 cm³/mol. The van der Waals surface area contributed by atoms with Crippen LogP contribution in [0.5, 0.6) is 0 Å². The maximum Gasteiger partial charge on any atom is 0.435 e. The standard InChI is InChI=1S/C11H11ClF3N3S/c12-10-2-1-8(19-10)7-16-4-6-18-5-3-9(17-18)11(13,14)15/h1-3,5,16H,4,6-7H2. The van der Waals surface area contributed by atoms with Crippen LogP contribution in [0.1, 0.15) is 10.6 Å². The van der Waals surface area contributed by atoms with Crippen molar-refractivity contribution < 1.29 is 13.2 Å². The highest BCUT2D eigenvalue weighted by Crippen LogP contribution is 2.27. The van der Waals surface area contributed by atoms with Gasteiger partial charge in [0.05, 0.1) is 10.9 Å². The van der Waals surface area contributed by atoms with E-state index in [1.165, 1.54) is 22.2 Å². The van der Waals surface area contributed by atoms with Gasteiger partial charge in [-0.1, -0.05) is 11.6 Å². The molecule has 1 N–H and O–H groups in total. The molecule has 0 saturated heterocycles. The molecule has 2 heterocycles. The Hall–Kier alpha value is -1.05. The quantitative estimate of drug-likeness (QED) is 0.858. The largest absolute Gasteiger partial charge is 0.435 e. The highest BCUT2D eigenvalue weighted by Gasteiger charge is 2.33. The van der Waals surface area contributed by atoms with Crippen molar-refractivity contribution in [3.05, 3.63) is 39.3 Å². The molecule has 0 spiro atoms. The van der Waals surface area contributed by atoms with Crippen LogP contribution >= 0.6 is 22.9 Å². The minimum Gasteiger partial charge on any atom is -0.310 e. The van der Waals surface area contributed by atoms with Gasteiger partial charge in [-0.25, -0.2) is 0 Å². The summed E-state index contributed by atoms with van der Waals surface area (Å²) >= 11 is 7.26. The number of hydrogen-bond donors (Lipinski definition) is 1. The van der Waals surface area contributed by atoms with Gasteiger partial charge in [-0.15, -0.1) is 11.3 Å². The third-order valence-electron chi connectivity index (χ3n) is 2.38. The Kier molecular flexibility index (Phi) is 4.49. The smallest absolute Gasteiger partial charge is 0.310 e. The van der Waals surface area contributed by atoms with E-state index in [1.54, 1.807) is 0 Å². The van der Waals surface area contributed by atoms with Crippen molar-refractivity contribution in [3.8, 4) is 0 Å². The summed E-state index contributed by atoms with van der Waals surface area (Å²) in [6, 6.07) is 4.70. The number of hydrogen-bond acceptors (Lipinski definition) is 3. The van der Waals surface area contributed by atoms with Crippen LogP contribution < -0.4 is 5.32 Å². The minimum absolute atomic E-state index is 0.384. The summed E-state index contributed by atoms with van der Waals surface area (Å²) in [6.45, 7) is 1.56. The van der Waals surface area contributed by atoms with E-state index >= 15 is 0 Å². The van der Waals surface area contributed by atoms with Gasteiger partial charge in [0.15, 0.2) is 5.69 Å². The lowest BCUT2D eigenvalue weighted by atomic mass is 10.4. The van der Waals surface area contributed by atoms with E-state index in [0.717, 1.165) is 15.3 Å². The lowest BCUT2D eigenvalue weighted by Crippen LogP contribution is -2.19. The summed E-state index contributed by atoms with van der Waals surface area (Å²) in [7, 11) is 0. The van der Waals surface area contributed by atoms with E-state index < -0.39 is 11.9 Å². The van der Waals surface area contributed by atoms with Crippen molar-refractivity contribution in [3.63, 3.8) is 0 Å². The Morgan fingerprint density at radius 3 is 2.68 bits per heavy atom. The number of alkyl halides is 3. The Morgan fingerprint density at radius 2 is 2.11 bits per heavy atom. The highest BCUT2D eigenvalue weighted by atomic mass is 35.5. The summed E-state index contributed by atoms with van der Waals surface area (Å²) in [6.07, 6.45) is -3.06. The minimum atomic E-state index is -4.38. The van der Waals surface area contributed by atoms with Gasteiger partial charge in [0.2, 0.25) is 0 Å². The van der Waals surface area contributed by atoms with Crippen molar-refractivity contribution >= 4 is 22.9 Å². The van der Waals surface area contributed by atoms with E-state index in [9.17, 15) is 13.2 Å². The number of thiophene rings is 1. The van der Waals surface area contributed by atoms with Crippen LogP contribution in [0.2, 0.25) is 4.34 Å². The first-order valence-corrected chi connectivity index (χ1v) is 6.70. The Labute approximate surface area is 117 Å². The first-order chi connectivity index (χ1) is 8.95. The fraction of sp³-hybridized carbons (Fsp3) is 0.364. The Bertz CT molecular complexity index is 535. The molecule has 2 aromatic heterocycles. The van der Waals surface area contributed by atoms with Crippen LogP contribution in [-0.4, -0.2) is 16.3 Å². The van der Waals surface area contributed by atoms with E-state index in [4.69, 9.17) is 11.6 Å². The number of halogens is 4. The normalized spacial score (nSPS) is 12.0. The molecular formula is C11H11ClF3N3S. The van der Waals surface area contributed by atoms with Crippen molar-refractivity contribution in [1.29, 1.82) is 0 Å². The number of nitrogens with one attached hydrogen (secondary N) is 1. The molecule has 19 heavy (non-hydrogen) atoms. The number of aromatic nitrogens is 2. The SMILES string of the molecule is FC(F)(F)c1ccn(CCNCc2ccc(Cl)s2)n1. The lowest BCUT2D eigenvalue weighted by molar-refractivity contribution is -0.141. The van der Waals surface area contributed by atoms with Gasteiger partial charge in [0, 0.05) is 24.2 Å². The molecule has 0 saturated carbocycles. The second-order valence-electron chi connectivity index (χ2n) is 3.84.